The molecule has 156 valence electrons. The lowest BCUT2D eigenvalue weighted by Gasteiger charge is -2.29. The van der Waals surface area contributed by atoms with Gasteiger partial charge in [0.1, 0.15) is 11.8 Å². The van der Waals surface area contributed by atoms with E-state index in [9.17, 15) is 22.8 Å². The van der Waals surface area contributed by atoms with Crippen molar-refractivity contribution in [1.29, 1.82) is 0 Å². The molecule has 1 atom stereocenters. The molecular weight excluding hydrogens is 408 g/mol. The molecule has 2 aromatic rings. The van der Waals surface area contributed by atoms with Crippen LogP contribution in [0.5, 0.6) is 5.75 Å². The zero-order chi connectivity index (χ0) is 21.5. The van der Waals surface area contributed by atoms with E-state index in [2.05, 4.69) is 5.32 Å². The highest BCUT2D eigenvalue weighted by atomic mass is 32.2. The monoisotopic (exact) mass is 428 g/mol. The molecule has 4 rings (SSSR count). The Morgan fingerprint density at radius 1 is 1.13 bits per heavy atom. The van der Waals surface area contributed by atoms with Gasteiger partial charge in [-0.15, -0.1) is 0 Å². The molecule has 0 aromatic heterocycles. The van der Waals surface area contributed by atoms with Crippen molar-refractivity contribution in [3.63, 3.8) is 0 Å². The number of nitrogens with zero attached hydrogens (tertiary/aromatic N) is 1. The Bertz CT molecular complexity index is 1160. The molecule has 1 fully saturated rings. The second-order valence-corrected chi connectivity index (χ2v) is 9.32. The van der Waals surface area contributed by atoms with E-state index >= 15 is 0 Å². The fraction of sp³-hybridized carbons (Fsp3) is 0.286. The Morgan fingerprint density at radius 3 is 2.67 bits per heavy atom. The number of imide groups is 1. The minimum atomic E-state index is -3.64. The van der Waals surface area contributed by atoms with Crippen LogP contribution in [0.2, 0.25) is 0 Å². The lowest BCUT2D eigenvalue weighted by atomic mass is 10.0. The number of amides is 3. The largest absolute Gasteiger partial charge is 0.497 e. The molecule has 0 spiro atoms. The first-order valence-corrected chi connectivity index (χ1v) is 11.1. The van der Waals surface area contributed by atoms with Crippen molar-refractivity contribution < 1.29 is 27.5 Å². The lowest BCUT2D eigenvalue weighted by Crippen LogP contribution is -2.52. The molecule has 1 unspecified atom stereocenters. The van der Waals surface area contributed by atoms with Gasteiger partial charge in [0.15, 0.2) is 9.84 Å². The van der Waals surface area contributed by atoms with Crippen molar-refractivity contribution in [2.45, 2.75) is 36.1 Å². The number of benzene rings is 2. The molecule has 8 nitrogen and oxygen atoms in total. The van der Waals surface area contributed by atoms with Crippen LogP contribution in [0, 0.1) is 0 Å². The highest BCUT2D eigenvalue weighted by Crippen LogP contribution is 2.29. The van der Waals surface area contributed by atoms with Crippen LogP contribution in [0.4, 0.5) is 0 Å². The quantitative estimate of drug-likeness (QED) is 0.722. The number of sulfone groups is 1. The van der Waals surface area contributed by atoms with Crippen molar-refractivity contribution >= 4 is 27.6 Å². The minimum absolute atomic E-state index is 0.138. The second kappa shape index (κ2) is 7.56. The van der Waals surface area contributed by atoms with Gasteiger partial charge in [0.25, 0.3) is 5.91 Å². The summed E-state index contributed by atoms with van der Waals surface area (Å²) < 4.78 is 30.7. The zero-order valence-electron chi connectivity index (χ0n) is 16.3. The first kappa shape index (κ1) is 20.1. The predicted molar refractivity (Wildman–Crippen MR) is 106 cm³/mol. The summed E-state index contributed by atoms with van der Waals surface area (Å²) in [6.45, 7) is 0.253. The van der Waals surface area contributed by atoms with Crippen molar-refractivity contribution in [2.24, 2.45) is 0 Å². The van der Waals surface area contributed by atoms with Crippen LogP contribution in [-0.4, -0.2) is 44.2 Å². The van der Waals surface area contributed by atoms with Gasteiger partial charge in [-0.2, -0.15) is 0 Å². The van der Waals surface area contributed by atoms with Crippen molar-refractivity contribution in [2.75, 3.05) is 7.11 Å². The van der Waals surface area contributed by atoms with Gasteiger partial charge in [0, 0.05) is 18.5 Å². The number of piperidine rings is 1. The van der Waals surface area contributed by atoms with Crippen LogP contribution >= 0.6 is 0 Å². The summed E-state index contributed by atoms with van der Waals surface area (Å²) in [5, 5.41) is 2.26. The van der Waals surface area contributed by atoms with E-state index in [1.54, 1.807) is 30.3 Å². The molecule has 0 saturated carbocycles. The molecule has 2 aromatic carbocycles. The first-order chi connectivity index (χ1) is 14.3. The topological polar surface area (TPSA) is 110 Å². The molecule has 1 saturated heterocycles. The number of carbonyl (C=O) groups excluding carboxylic acids is 3. The number of carbonyl (C=O) groups is 3. The van der Waals surface area contributed by atoms with Crippen molar-refractivity contribution in [1.82, 2.24) is 10.2 Å². The number of hydrogen-bond donors (Lipinski definition) is 1. The molecular formula is C21H20N2O6S. The maximum absolute atomic E-state index is 12.9. The Balaban J connectivity index is 1.56. The summed E-state index contributed by atoms with van der Waals surface area (Å²) in [7, 11) is -2.17. The molecule has 2 aliphatic heterocycles. The van der Waals surface area contributed by atoms with E-state index in [0.29, 0.717) is 16.9 Å². The number of rotatable bonds is 5. The number of nitrogens with one attached hydrogen (secondary N) is 1. The van der Waals surface area contributed by atoms with E-state index in [4.69, 9.17) is 4.74 Å². The smallest absolute Gasteiger partial charge is 0.255 e. The summed E-state index contributed by atoms with van der Waals surface area (Å²) in [5.41, 5.74) is 1.60. The molecule has 0 bridgehead atoms. The number of ether oxygens (including phenoxy) is 1. The maximum Gasteiger partial charge on any atom is 0.255 e. The van der Waals surface area contributed by atoms with Gasteiger partial charge >= 0.3 is 0 Å². The molecule has 0 aliphatic carbocycles. The summed E-state index contributed by atoms with van der Waals surface area (Å²) in [6.07, 6.45) is 0.460. The van der Waals surface area contributed by atoms with Gasteiger partial charge in [0.2, 0.25) is 11.8 Å². The summed E-state index contributed by atoms with van der Waals surface area (Å²) in [5.74, 6) is -0.974. The minimum Gasteiger partial charge on any atom is -0.497 e. The van der Waals surface area contributed by atoms with Crippen LogP contribution in [0.3, 0.4) is 0 Å². The summed E-state index contributed by atoms with van der Waals surface area (Å²) >= 11 is 0. The highest BCUT2D eigenvalue weighted by molar-refractivity contribution is 7.90. The van der Waals surface area contributed by atoms with Crippen LogP contribution < -0.4 is 10.1 Å². The standard InChI is InChI=1S/C21H20N2O6S/c1-29-15-3-2-4-16(10-15)30(27,28)12-13-5-6-14-11-23(21(26)17(14)9-13)18-7-8-19(24)22-20(18)25/h2-6,9-10,18H,7-8,11-12H2,1H3,(H,22,24,25). The Hall–Kier alpha value is -3.20. The highest BCUT2D eigenvalue weighted by Gasteiger charge is 2.39. The van der Waals surface area contributed by atoms with Crippen LogP contribution in [0.15, 0.2) is 47.4 Å². The lowest BCUT2D eigenvalue weighted by molar-refractivity contribution is -0.136. The fourth-order valence-electron chi connectivity index (χ4n) is 3.79. The normalized spacial score (nSPS) is 18.9. The molecule has 30 heavy (non-hydrogen) atoms. The Kier molecular flexibility index (Phi) is 5.07. The molecule has 3 amide bonds. The van der Waals surface area contributed by atoms with Crippen LogP contribution in [-0.2, 0) is 31.7 Å². The predicted octanol–water partition coefficient (Wildman–Crippen LogP) is 1.43. The van der Waals surface area contributed by atoms with Gasteiger partial charge in [-0.1, -0.05) is 18.2 Å². The third-order valence-electron chi connectivity index (χ3n) is 5.35. The molecule has 2 aliphatic rings. The van der Waals surface area contributed by atoms with Gasteiger partial charge in [-0.25, -0.2) is 8.42 Å². The third-order valence-corrected chi connectivity index (χ3v) is 7.04. The fourth-order valence-corrected chi connectivity index (χ4v) is 5.16. The number of hydrogen-bond acceptors (Lipinski definition) is 6. The van der Waals surface area contributed by atoms with Crippen molar-refractivity contribution in [3.05, 3.63) is 59.2 Å². The van der Waals surface area contributed by atoms with Gasteiger partial charge < -0.3 is 9.64 Å². The van der Waals surface area contributed by atoms with Crippen molar-refractivity contribution in [3.8, 4) is 5.75 Å². The number of methoxy groups -OCH3 is 1. The summed E-state index contributed by atoms with van der Waals surface area (Å²) in [6, 6.07) is 10.5. The second-order valence-electron chi connectivity index (χ2n) is 7.33. The first-order valence-electron chi connectivity index (χ1n) is 9.42. The molecule has 9 heteroatoms. The van der Waals surface area contributed by atoms with Gasteiger partial charge in [-0.05, 0) is 41.8 Å². The maximum atomic E-state index is 12.9. The zero-order valence-corrected chi connectivity index (χ0v) is 17.1. The van der Waals surface area contributed by atoms with Gasteiger partial charge in [-0.3, -0.25) is 19.7 Å². The van der Waals surface area contributed by atoms with E-state index in [0.717, 1.165) is 5.56 Å². The Labute approximate surface area is 173 Å². The van der Waals surface area contributed by atoms with E-state index in [-0.39, 0.29) is 41.8 Å². The van der Waals surface area contributed by atoms with E-state index < -0.39 is 21.8 Å². The SMILES string of the molecule is COc1cccc(S(=O)(=O)Cc2ccc3c(c2)C(=O)N(C2CCC(=O)NC2=O)C3)c1. The van der Waals surface area contributed by atoms with E-state index in [1.165, 1.54) is 24.1 Å². The van der Waals surface area contributed by atoms with Gasteiger partial charge in [0.05, 0.1) is 17.8 Å². The van der Waals surface area contributed by atoms with E-state index in [1.807, 2.05) is 0 Å². The number of fused-ring (bicyclic) bond motifs is 1. The summed E-state index contributed by atoms with van der Waals surface area (Å²) in [4.78, 5) is 38.0. The average Bonchev–Trinajstić information content (AvgIpc) is 3.04. The van der Waals surface area contributed by atoms with Crippen LogP contribution in [0.1, 0.15) is 34.3 Å². The average molecular weight is 428 g/mol. The Morgan fingerprint density at radius 2 is 1.93 bits per heavy atom. The molecule has 2 heterocycles. The third kappa shape index (κ3) is 3.68. The van der Waals surface area contributed by atoms with Crippen LogP contribution in [0.25, 0.3) is 0 Å². The molecule has 0 radical (unpaired) electrons. The molecule has 1 N–H and O–H groups in total.